The average molecular weight is 284 g/mol. The predicted molar refractivity (Wildman–Crippen MR) is 83.6 cm³/mol. The third-order valence-electron chi connectivity index (χ3n) is 3.63. The van der Waals surface area contributed by atoms with Crippen LogP contribution in [-0.4, -0.2) is 19.3 Å². The Labute approximate surface area is 125 Å². The van der Waals surface area contributed by atoms with E-state index in [1.54, 1.807) is 6.08 Å². The SMILES string of the molecule is C=Cc1ccc(C(O)C(OC)(OC)c2ccccc2)cc1. The van der Waals surface area contributed by atoms with Crippen LogP contribution in [0.3, 0.4) is 0 Å². The molecule has 1 unspecified atom stereocenters. The Hall–Kier alpha value is -1.94. The van der Waals surface area contributed by atoms with Crippen LogP contribution in [0.25, 0.3) is 6.08 Å². The molecule has 2 aromatic rings. The minimum atomic E-state index is -1.24. The van der Waals surface area contributed by atoms with Crippen molar-refractivity contribution in [3.8, 4) is 0 Å². The summed E-state index contributed by atoms with van der Waals surface area (Å²) in [6, 6.07) is 16.9. The van der Waals surface area contributed by atoms with Crippen LogP contribution >= 0.6 is 0 Å². The summed E-state index contributed by atoms with van der Waals surface area (Å²) in [4.78, 5) is 0. The number of hydrogen-bond donors (Lipinski definition) is 1. The van der Waals surface area contributed by atoms with Crippen molar-refractivity contribution in [3.05, 3.63) is 77.9 Å². The average Bonchev–Trinajstić information content (AvgIpc) is 2.57. The summed E-state index contributed by atoms with van der Waals surface area (Å²) in [7, 11) is 3.05. The molecule has 3 nitrogen and oxygen atoms in total. The molecule has 2 rings (SSSR count). The lowest BCUT2D eigenvalue weighted by atomic mass is 9.93. The minimum absolute atomic E-state index is 0.716. The maximum Gasteiger partial charge on any atom is 0.225 e. The Morgan fingerprint density at radius 1 is 1.00 bits per heavy atom. The van der Waals surface area contributed by atoms with Gasteiger partial charge < -0.3 is 14.6 Å². The van der Waals surface area contributed by atoms with Gasteiger partial charge in [-0.2, -0.15) is 0 Å². The first kappa shape index (κ1) is 15.4. The largest absolute Gasteiger partial charge is 0.382 e. The van der Waals surface area contributed by atoms with Crippen LogP contribution in [0, 0.1) is 0 Å². The first-order chi connectivity index (χ1) is 10.2. The van der Waals surface area contributed by atoms with Gasteiger partial charge in [0, 0.05) is 19.8 Å². The van der Waals surface area contributed by atoms with Gasteiger partial charge in [0.1, 0.15) is 6.10 Å². The van der Waals surface area contributed by atoms with Crippen molar-refractivity contribution in [3.63, 3.8) is 0 Å². The highest BCUT2D eigenvalue weighted by atomic mass is 16.7. The van der Waals surface area contributed by atoms with Gasteiger partial charge in [-0.15, -0.1) is 0 Å². The molecule has 1 atom stereocenters. The maximum absolute atomic E-state index is 10.8. The molecule has 0 aliphatic heterocycles. The van der Waals surface area contributed by atoms with E-state index in [1.807, 2.05) is 54.6 Å². The molecular weight excluding hydrogens is 264 g/mol. The zero-order valence-corrected chi connectivity index (χ0v) is 12.3. The molecule has 0 radical (unpaired) electrons. The van der Waals surface area contributed by atoms with E-state index >= 15 is 0 Å². The molecular formula is C18H20O3. The molecule has 0 bridgehead atoms. The summed E-state index contributed by atoms with van der Waals surface area (Å²) in [6.45, 7) is 3.72. The summed E-state index contributed by atoms with van der Waals surface area (Å²) in [5, 5.41) is 10.8. The van der Waals surface area contributed by atoms with Gasteiger partial charge in [0.25, 0.3) is 0 Å². The standard InChI is InChI=1S/C18H20O3/c1-4-14-10-12-15(13-11-14)17(19)18(20-2,21-3)16-8-6-5-7-9-16/h4-13,17,19H,1H2,2-3H3. The van der Waals surface area contributed by atoms with Gasteiger partial charge in [0.2, 0.25) is 5.79 Å². The highest BCUT2D eigenvalue weighted by molar-refractivity contribution is 5.47. The number of methoxy groups -OCH3 is 2. The molecule has 2 aromatic carbocycles. The molecule has 110 valence electrons. The van der Waals surface area contributed by atoms with Crippen molar-refractivity contribution >= 4 is 6.08 Å². The fraction of sp³-hybridized carbons (Fsp3) is 0.222. The van der Waals surface area contributed by atoms with Gasteiger partial charge in [-0.1, -0.05) is 67.3 Å². The summed E-state index contributed by atoms with van der Waals surface area (Å²) in [5.74, 6) is -1.24. The fourth-order valence-electron chi connectivity index (χ4n) is 2.40. The van der Waals surface area contributed by atoms with Crippen LogP contribution in [0.2, 0.25) is 0 Å². The lowest BCUT2D eigenvalue weighted by molar-refractivity contribution is -0.272. The molecule has 0 aromatic heterocycles. The zero-order valence-electron chi connectivity index (χ0n) is 12.3. The first-order valence-electron chi connectivity index (χ1n) is 6.74. The number of aliphatic hydroxyl groups is 1. The minimum Gasteiger partial charge on any atom is -0.382 e. The molecule has 0 heterocycles. The molecule has 0 saturated heterocycles. The van der Waals surface area contributed by atoms with Crippen LogP contribution in [0.5, 0.6) is 0 Å². The van der Waals surface area contributed by atoms with Crippen molar-refractivity contribution in [2.24, 2.45) is 0 Å². The predicted octanol–water partition coefficient (Wildman–Crippen LogP) is 3.51. The smallest absolute Gasteiger partial charge is 0.225 e. The second-order valence-electron chi connectivity index (χ2n) is 4.72. The van der Waals surface area contributed by atoms with Crippen molar-refractivity contribution < 1.29 is 14.6 Å². The monoisotopic (exact) mass is 284 g/mol. The van der Waals surface area contributed by atoms with Crippen molar-refractivity contribution in [2.75, 3.05) is 14.2 Å². The van der Waals surface area contributed by atoms with Gasteiger partial charge in [0.05, 0.1) is 0 Å². The quantitative estimate of drug-likeness (QED) is 0.825. The number of rotatable bonds is 6. The molecule has 0 aliphatic rings. The van der Waals surface area contributed by atoms with Gasteiger partial charge in [-0.05, 0) is 11.1 Å². The topological polar surface area (TPSA) is 38.7 Å². The van der Waals surface area contributed by atoms with Crippen LogP contribution < -0.4 is 0 Å². The van der Waals surface area contributed by atoms with Gasteiger partial charge >= 0.3 is 0 Å². The highest BCUT2D eigenvalue weighted by Crippen LogP contribution is 2.38. The van der Waals surface area contributed by atoms with E-state index in [2.05, 4.69) is 6.58 Å². The Morgan fingerprint density at radius 3 is 2.05 bits per heavy atom. The van der Waals surface area contributed by atoms with E-state index in [4.69, 9.17) is 9.47 Å². The van der Waals surface area contributed by atoms with E-state index in [1.165, 1.54) is 14.2 Å². The van der Waals surface area contributed by atoms with Crippen molar-refractivity contribution in [1.29, 1.82) is 0 Å². The molecule has 0 spiro atoms. The molecule has 0 saturated carbocycles. The Morgan fingerprint density at radius 2 is 1.57 bits per heavy atom. The maximum atomic E-state index is 10.8. The second-order valence-corrected chi connectivity index (χ2v) is 4.72. The van der Waals surface area contributed by atoms with Crippen LogP contribution in [0.4, 0.5) is 0 Å². The van der Waals surface area contributed by atoms with Gasteiger partial charge in [-0.25, -0.2) is 0 Å². The van der Waals surface area contributed by atoms with E-state index in [0.29, 0.717) is 5.56 Å². The fourth-order valence-corrected chi connectivity index (χ4v) is 2.40. The first-order valence-corrected chi connectivity index (χ1v) is 6.74. The zero-order chi connectivity index (χ0) is 15.3. The second kappa shape index (κ2) is 6.68. The Bertz CT molecular complexity index is 571. The van der Waals surface area contributed by atoms with Crippen LogP contribution in [-0.2, 0) is 15.3 Å². The van der Waals surface area contributed by atoms with Gasteiger partial charge in [0.15, 0.2) is 0 Å². The van der Waals surface area contributed by atoms with Gasteiger partial charge in [-0.3, -0.25) is 0 Å². The Balaban J connectivity index is 2.43. The third kappa shape index (κ3) is 2.90. The van der Waals surface area contributed by atoms with Crippen molar-refractivity contribution in [1.82, 2.24) is 0 Å². The molecule has 3 heteroatoms. The van der Waals surface area contributed by atoms with E-state index in [0.717, 1.165) is 11.1 Å². The number of benzene rings is 2. The lowest BCUT2D eigenvalue weighted by Gasteiger charge is -2.35. The van der Waals surface area contributed by atoms with E-state index < -0.39 is 11.9 Å². The highest BCUT2D eigenvalue weighted by Gasteiger charge is 2.41. The van der Waals surface area contributed by atoms with E-state index in [9.17, 15) is 5.11 Å². The molecule has 21 heavy (non-hydrogen) atoms. The summed E-state index contributed by atoms with van der Waals surface area (Å²) < 4.78 is 11.1. The number of hydrogen-bond acceptors (Lipinski definition) is 3. The molecule has 0 aliphatic carbocycles. The Kier molecular flexibility index (Phi) is 4.91. The van der Waals surface area contributed by atoms with Crippen molar-refractivity contribution in [2.45, 2.75) is 11.9 Å². The number of ether oxygens (including phenoxy) is 2. The summed E-state index contributed by atoms with van der Waals surface area (Å²) in [5.41, 5.74) is 2.47. The lowest BCUT2D eigenvalue weighted by Crippen LogP contribution is -2.37. The van der Waals surface area contributed by atoms with E-state index in [-0.39, 0.29) is 0 Å². The normalized spacial score (nSPS) is 12.9. The van der Waals surface area contributed by atoms with Crippen LogP contribution in [0.15, 0.2) is 61.2 Å². The summed E-state index contributed by atoms with van der Waals surface area (Å²) >= 11 is 0. The third-order valence-corrected chi connectivity index (χ3v) is 3.63. The number of aliphatic hydroxyl groups excluding tert-OH is 1. The van der Waals surface area contributed by atoms with Crippen LogP contribution in [0.1, 0.15) is 22.8 Å². The summed E-state index contributed by atoms with van der Waals surface area (Å²) in [6.07, 6.45) is 0.807. The molecule has 0 amide bonds. The molecule has 0 fully saturated rings. The molecule has 1 N–H and O–H groups in total.